The maximum atomic E-state index is 14.8. The van der Waals surface area contributed by atoms with Gasteiger partial charge in [0.15, 0.2) is 0 Å². The minimum Gasteiger partial charge on any atom is -0.396 e. The van der Waals surface area contributed by atoms with Crippen molar-refractivity contribution >= 4 is 40.7 Å². The largest absolute Gasteiger partial charge is 0.396 e. The van der Waals surface area contributed by atoms with Crippen LogP contribution in [0.3, 0.4) is 0 Å². The van der Waals surface area contributed by atoms with Crippen LogP contribution in [0.2, 0.25) is 5.02 Å². The number of fused-ring (bicyclic) bond motifs is 1. The molecule has 0 saturated carbocycles. The second kappa shape index (κ2) is 12.3. The lowest BCUT2D eigenvalue weighted by Gasteiger charge is -2.37. The number of halogens is 1. The van der Waals surface area contributed by atoms with Gasteiger partial charge in [-0.25, -0.2) is 0 Å². The molecule has 0 aromatic heterocycles. The van der Waals surface area contributed by atoms with E-state index in [2.05, 4.69) is 13.2 Å². The molecule has 43 heavy (non-hydrogen) atoms. The number of anilines is 2. The molecule has 2 aromatic carbocycles. The third-order valence-corrected chi connectivity index (χ3v) is 9.72. The maximum absolute atomic E-state index is 14.8. The van der Waals surface area contributed by atoms with Crippen LogP contribution in [0.1, 0.15) is 38.2 Å². The van der Waals surface area contributed by atoms with Crippen molar-refractivity contribution in [3.63, 3.8) is 0 Å². The molecule has 3 fully saturated rings. The average Bonchev–Trinajstić information content (AvgIpc) is 3.61. The molecule has 2 bridgehead atoms. The number of hydrogen-bond donors (Lipinski definition) is 1. The number of amides is 3. The minimum atomic E-state index is -1.20. The number of nitrogens with zero attached hydrogens (tertiary/aromatic N) is 3. The molecule has 5 atom stereocenters. The summed E-state index contributed by atoms with van der Waals surface area (Å²) in [5, 5.41) is 10.1. The molecule has 0 radical (unpaired) electrons. The Balaban J connectivity index is 1.63. The number of hydrogen-bond acceptors (Lipinski definition) is 5. The molecule has 3 heterocycles. The zero-order chi connectivity index (χ0) is 30.9. The molecule has 3 saturated heterocycles. The monoisotopic (exact) mass is 605 g/mol. The van der Waals surface area contributed by atoms with E-state index >= 15 is 0 Å². The van der Waals surface area contributed by atoms with Gasteiger partial charge in [-0.2, -0.15) is 0 Å². The van der Waals surface area contributed by atoms with E-state index in [1.54, 1.807) is 28.0 Å². The van der Waals surface area contributed by atoms with Crippen molar-refractivity contribution in [2.45, 2.75) is 56.8 Å². The Hall–Kier alpha value is -3.46. The van der Waals surface area contributed by atoms with Crippen LogP contribution < -0.4 is 9.80 Å². The fourth-order valence-electron chi connectivity index (χ4n) is 7.61. The summed E-state index contributed by atoms with van der Waals surface area (Å²) in [7, 11) is 0. The summed E-state index contributed by atoms with van der Waals surface area (Å²) in [4.78, 5) is 48.6. The minimum absolute atomic E-state index is 0.147. The van der Waals surface area contributed by atoms with Gasteiger partial charge in [0.1, 0.15) is 11.6 Å². The standard InChI is InChI=1S/C34H40ClN3O5/c1-5-19-36(24-14-9-8-10-15-24)30(40)26-27-31(41)38(21-12-22-39)29(34(27)18-17-33(26,7-3)43-34)32(42)37(20-6-2)28-23(4)13-11-16-25(28)35/h5-6,8-11,13-16,26-27,29,39H,1-2,7,12,17-22H2,3-4H3/t26-,27+,29?,33+,34?/m1/s1. The predicted molar refractivity (Wildman–Crippen MR) is 168 cm³/mol. The first kappa shape index (κ1) is 31.0. The van der Waals surface area contributed by atoms with Gasteiger partial charge in [-0.15, -0.1) is 13.2 Å². The third-order valence-electron chi connectivity index (χ3n) is 9.42. The fourth-order valence-corrected chi connectivity index (χ4v) is 7.94. The number of rotatable bonds is 12. The SMILES string of the molecule is C=CCN(C(=O)[C@H]1[C@H]2C(=O)N(CCCO)C(C(=O)N(CC=C)c3c(C)cccc3Cl)C23CC[C@]1(CC)O3)c1ccccc1. The number of aryl methyl sites for hydroxylation is 1. The normalized spacial score (nSPS) is 27.2. The molecule has 8 nitrogen and oxygen atoms in total. The Labute approximate surface area is 258 Å². The molecule has 2 unspecified atom stereocenters. The van der Waals surface area contributed by atoms with Gasteiger partial charge in [0.25, 0.3) is 5.91 Å². The van der Waals surface area contributed by atoms with Crippen molar-refractivity contribution in [1.29, 1.82) is 0 Å². The molecule has 0 aliphatic carbocycles. The number of likely N-dealkylation sites (tertiary alicyclic amines) is 1. The number of benzene rings is 2. The van der Waals surface area contributed by atoms with E-state index in [4.69, 9.17) is 16.3 Å². The van der Waals surface area contributed by atoms with E-state index < -0.39 is 29.1 Å². The number of aliphatic hydroxyl groups is 1. The van der Waals surface area contributed by atoms with Gasteiger partial charge >= 0.3 is 0 Å². The second-order valence-electron chi connectivity index (χ2n) is 11.7. The number of carbonyl (C=O) groups is 3. The Morgan fingerprint density at radius 3 is 2.40 bits per heavy atom. The van der Waals surface area contributed by atoms with Crippen LogP contribution in [0.5, 0.6) is 0 Å². The van der Waals surface area contributed by atoms with E-state index in [-0.39, 0.29) is 50.4 Å². The summed E-state index contributed by atoms with van der Waals surface area (Å²) in [5.74, 6) is -2.48. The van der Waals surface area contributed by atoms with Crippen LogP contribution >= 0.6 is 11.6 Å². The van der Waals surface area contributed by atoms with E-state index in [1.807, 2.05) is 56.3 Å². The van der Waals surface area contributed by atoms with Crippen LogP contribution in [0.15, 0.2) is 73.8 Å². The lowest BCUT2D eigenvalue weighted by Crippen LogP contribution is -2.57. The molecule has 5 rings (SSSR count). The summed E-state index contributed by atoms with van der Waals surface area (Å²) >= 11 is 6.65. The van der Waals surface area contributed by atoms with Gasteiger partial charge in [-0.3, -0.25) is 14.4 Å². The van der Waals surface area contributed by atoms with Crippen molar-refractivity contribution in [2.24, 2.45) is 11.8 Å². The average molecular weight is 606 g/mol. The quantitative estimate of drug-likeness (QED) is 0.347. The number of carbonyl (C=O) groups excluding carboxylic acids is 3. The Kier molecular flexibility index (Phi) is 8.84. The van der Waals surface area contributed by atoms with E-state index in [9.17, 15) is 19.5 Å². The highest BCUT2D eigenvalue weighted by molar-refractivity contribution is 6.34. The molecular formula is C34H40ClN3O5. The topological polar surface area (TPSA) is 90.4 Å². The maximum Gasteiger partial charge on any atom is 0.253 e. The van der Waals surface area contributed by atoms with Crippen molar-refractivity contribution < 1.29 is 24.2 Å². The lowest BCUT2D eigenvalue weighted by atomic mass is 9.64. The van der Waals surface area contributed by atoms with Crippen LogP contribution in [0, 0.1) is 18.8 Å². The Morgan fingerprint density at radius 2 is 1.77 bits per heavy atom. The van der Waals surface area contributed by atoms with Crippen molar-refractivity contribution in [1.82, 2.24) is 4.90 Å². The van der Waals surface area contributed by atoms with Gasteiger partial charge in [-0.1, -0.05) is 61.0 Å². The molecule has 1 N–H and O–H groups in total. The highest BCUT2D eigenvalue weighted by Crippen LogP contribution is 2.65. The molecular weight excluding hydrogens is 566 g/mol. The highest BCUT2D eigenvalue weighted by atomic mass is 35.5. The number of aliphatic hydroxyl groups excluding tert-OH is 1. The van der Waals surface area contributed by atoms with Crippen molar-refractivity contribution in [3.05, 3.63) is 84.4 Å². The summed E-state index contributed by atoms with van der Waals surface area (Å²) in [5.41, 5.74) is -0.0326. The summed E-state index contributed by atoms with van der Waals surface area (Å²) < 4.78 is 6.95. The zero-order valence-electron chi connectivity index (χ0n) is 24.9. The van der Waals surface area contributed by atoms with Crippen molar-refractivity contribution in [3.8, 4) is 0 Å². The summed E-state index contributed by atoms with van der Waals surface area (Å²) in [6, 6.07) is 13.8. The first-order valence-electron chi connectivity index (χ1n) is 15.0. The summed E-state index contributed by atoms with van der Waals surface area (Å²) in [6.07, 6.45) is 5.11. The molecule has 3 aliphatic rings. The Morgan fingerprint density at radius 1 is 1.07 bits per heavy atom. The molecule has 1 spiro atoms. The lowest BCUT2D eigenvalue weighted by molar-refractivity contribution is -0.146. The van der Waals surface area contributed by atoms with Crippen molar-refractivity contribution in [2.75, 3.05) is 36.0 Å². The predicted octanol–water partition coefficient (Wildman–Crippen LogP) is 4.92. The van der Waals surface area contributed by atoms with E-state index in [1.165, 1.54) is 4.90 Å². The van der Waals surface area contributed by atoms with E-state index in [0.717, 1.165) is 5.56 Å². The molecule has 228 valence electrons. The molecule has 3 aliphatic heterocycles. The molecule has 3 amide bonds. The zero-order valence-corrected chi connectivity index (χ0v) is 25.6. The van der Waals surface area contributed by atoms with E-state index in [0.29, 0.717) is 35.7 Å². The van der Waals surface area contributed by atoms with Gasteiger partial charge < -0.3 is 24.5 Å². The first-order chi connectivity index (χ1) is 20.7. The smallest absolute Gasteiger partial charge is 0.253 e. The van der Waals surface area contributed by atoms with Gasteiger partial charge in [0.05, 0.1) is 28.1 Å². The number of para-hydroxylation sites is 2. The molecule has 2 aromatic rings. The van der Waals surface area contributed by atoms with Crippen LogP contribution in [-0.2, 0) is 19.1 Å². The van der Waals surface area contributed by atoms with Crippen LogP contribution in [-0.4, -0.2) is 71.2 Å². The second-order valence-corrected chi connectivity index (χ2v) is 12.1. The first-order valence-corrected chi connectivity index (χ1v) is 15.3. The Bertz CT molecular complexity index is 1400. The third kappa shape index (κ3) is 4.89. The van der Waals surface area contributed by atoms with Gasteiger partial charge in [0, 0.05) is 31.9 Å². The highest BCUT2D eigenvalue weighted by Gasteiger charge is 2.79. The van der Waals surface area contributed by atoms with Gasteiger partial charge in [0.2, 0.25) is 11.8 Å². The van der Waals surface area contributed by atoms with Crippen LogP contribution in [0.4, 0.5) is 11.4 Å². The molecule has 9 heteroatoms. The summed E-state index contributed by atoms with van der Waals surface area (Å²) in [6.45, 7) is 12.0. The number of ether oxygens (including phenoxy) is 1. The fraction of sp³-hybridized carbons (Fsp3) is 0.441. The van der Waals surface area contributed by atoms with Gasteiger partial charge in [-0.05, 0) is 56.4 Å². The van der Waals surface area contributed by atoms with Crippen LogP contribution in [0.25, 0.3) is 0 Å².